The van der Waals surface area contributed by atoms with Crippen molar-refractivity contribution < 1.29 is 12.8 Å². The number of nitrogens with one attached hydrogen (secondary N) is 1. The zero-order valence-corrected chi connectivity index (χ0v) is 12.1. The molecule has 0 radical (unpaired) electrons. The maximum Gasteiger partial charge on any atom is 0.216 e. The van der Waals surface area contributed by atoms with E-state index in [4.69, 9.17) is 27.6 Å². The SMILES string of the molecule is O=S(=O)(Cc1c(Cl)cccc1Cl)NCc1ccco1. The van der Waals surface area contributed by atoms with Gasteiger partial charge in [-0.3, -0.25) is 0 Å². The summed E-state index contributed by atoms with van der Waals surface area (Å²) in [6, 6.07) is 8.24. The lowest BCUT2D eigenvalue weighted by molar-refractivity contribution is 0.498. The number of benzene rings is 1. The Morgan fingerprint density at radius 1 is 1.11 bits per heavy atom. The molecule has 7 heteroatoms. The molecule has 0 saturated carbocycles. The largest absolute Gasteiger partial charge is 0.468 e. The van der Waals surface area contributed by atoms with Gasteiger partial charge in [-0.2, -0.15) is 0 Å². The van der Waals surface area contributed by atoms with Crippen molar-refractivity contribution in [1.29, 1.82) is 0 Å². The van der Waals surface area contributed by atoms with Crippen LogP contribution in [0.3, 0.4) is 0 Å². The molecule has 0 aliphatic carbocycles. The summed E-state index contributed by atoms with van der Waals surface area (Å²) >= 11 is 11.9. The Morgan fingerprint density at radius 2 is 1.79 bits per heavy atom. The molecular formula is C12H11Cl2NO3S. The van der Waals surface area contributed by atoms with E-state index in [-0.39, 0.29) is 12.3 Å². The summed E-state index contributed by atoms with van der Waals surface area (Å²) in [6.07, 6.45) is 1.48. The second kappa shape index (κ2) is 5.96. The van der Waals surface area contributed by atoms with Crippen LogP contribution in [0, 0.1) is 0 Å². The summed E-state index contributed by atoms with van der Waals surface area (Å²) in [5.74, 6) is 0.264. The van der Waals surface area contributed by atoms with Crippen molar-refractivity contribution in [2.75, 3.05) is 0 Å². The van der Waals surface area contributed by atoms with E-state index in [1.54, 1.807) is 30.3 Å². The highest BCUT2D eigenvalue weighted by molar-refractivity contribution is 7.88. The first kappa shape index (κ1) is 14.4. The minimum atomic E-state index is -3.53. The second-order valence-electron chi connectivity index (χ2n) is 3.86. The second-order valence-corrected chi connectivity index (χ2v) is 6.48. The van der Waals surface area contributed by atoms with E-state index in [0.29, 0.717) is 21.4 Å². The lowest BCUT2D eigenvalue weighted by Gasteiger charge is -2.08. The van der Waals surface area contributed by atoms with Crippen molar-refractivity contribution in [1.82, 2.24) is 4.72 Å². The first-order chi connectivity index (χ1) is 8.98. The Labute approximate surface area is 121 Å². The molecule has 0 unspecified atom stereocenters. The van der Waals surface area contributed by atoms with Crippen molar-refractivity contribution in [2.45, 2.75) is 12.3 Å². The van der Waals surface area contributed by atoms with Gasteiger partial charge in [0, 0.05) is 15.6 Å². The highest BCUT2D eigenvalue weighted by Crippen LogP contribution is 2.25. The molecule has 0 bridgehead atoms. The molecule has 0 aliphatic rings. The first-order valence-electron chi connectivity index (χ1n) is 5.40. The van der Waals surface area contributed by atoms with Gasteiger partial charge in [0.1, 0.15) is 5.76 Å². The zero-order chi connectivity index (χ0) is 13.9. The quantitative estimate of drug-likeness (QED) is 0.920. The van der Waals surface area contributed by atoms with Crippen molar-refractivity contribution in [2.24, 2.45) is 0 Å². The number of hydrogen-bond donors (Lipinski definition) is 1. The Hall–Kier alpha value is -1.01. The van der Waals surface area contributed by atoms with Crippen molar-refractivity contribution in [3.05, 3.63) is 58.0 Å². The maximum absolute atomic E-state index is 11.9. The summed E-state index contributed by atoms with van der Waals surface area (Å²) in [6.45, 7) is 0.0946. The predicted molar refractivity (Wildman–Crippen MR) is 74.6 cm³/mol. The highest BCUT2D eigenvalue weighted by Gasteiger charge is 2.16. The Balaban J connectivity index is 2.09. The molecule has 2 rings (SSSR count). The minimum absolute atomic E-state index is 0.0946. The molecule has 0 fully saturated rings. The Kier molecular flexibility index (Phi) is 4.52. The summed E-state index contributed by atoms with van der Waals surface area (Å²) in [5, 5.41) is 0.659. The van der Waals surface area contributed by atoms with Crippen molar-refractivity contribution in [3.8, 4) is 0 Å². The van der Waals surface area contributed by atoms with Crippen LogP contribution in [0.25, 0.3) is 0 Å². The standard InChI is InChI=1S/C12H11Cl2NO3S/c13-11-4-1-5-12(14)10(11)8-19(16,17)15-7-9-3-2-6-18-9/h1-6,15H,7-8H2. The normalized spacial score (nSPS) is 11.7. The number of hydrogen-bond acceptors (Lipinski definition) is 3. The molecule has 19 heavy (non-hydrogen) atoms. The zero-order valence-electron chi connectivity index (χ0n) is 9.77. The van der Waals surface area contributed by atoms with Gasteiger partial charge in [0.05, 0.1) is 18.6 Å². The molecule has 0 spiro atoms. The van der Waals surface area contributed by atoms with Gasteiger partial charge in [0.25, 0.3) is 0 Å². The van der Waals surface area contributed by atoms with Gasteiger partial charge in [0.15, 0.2) is 0 Å². The van der Waals surface area contributed by atoms with Gasteiger partial charge < -0.3 is 4.42 Å². The topological polar surface area (TPSA) is 59.3 Å². The van der Waals surface area contributed by atoms with Gasteiger partial charge in [-0.25, -0.2) is 13.1 Å². The van der Waals surface area contributed by atoms with Crippen LogP contribution in [0.15, 0.2) is 41.0 Å². The molecule has 0 aliphatic heterocycles. The van der Waals surface area contributed by atoms with E-state index >= 15 is 0 Å². The molecule has 1 heterocycles. The highest BCUT2D eigenvalue weighted by atomic mass is 35.5. The van der Waals surface area contributed by atoms with Crippen LogP contribution >= 0.6 is 23.2 Å². The number of rotatable bonds is 5. The van der Waals surface area contributed by atoms with Crippen LogP contribution in [0.2, 0.25) is 10.0 Å². The third-order valence-corrected chi connectivity index (χ3v) is 4.40. The molecule has 1 N–H and O–H groups in total. The van der Waals surface area contributed by atoms with Gasteiger partial charge >= 0.3 is 0 Å². The van der Waals surface area contributed by atoms with E-state index in [1.807, 2.05) is 0 Å². The van der Waals surface area contributed by atoms with Crippen molar-refractivity contribution in [3.63, 3.8) is 0 Å². The summed E-state index contributed by atoms with van der Waals surface area (Å²) in [5.41, 5.74) is 0.387. The molecule has 4 nitrogen and oxygen atoms in total. The molecule has 1 aromatic carbocycles. The van der Waals surface area contributed by atoms with E-state index in [1.165, 1.54) is 6.26 Å². The van der Waals surface area contributed by atoms with Gasteiger partial charge in [-0.15, -0.1) is 0 Å². The van der Waals surface area contributed by atoms with Crippen LogP contribution in [-0.4, -0.2) is 8.42 Å². The van der Waals surface area contributed by atoms with Crippen LogP contribution < -0.4 is 4.72 Å². The van der Waals surface area contributed by atoms with Crippen LogP contribution in [-0.2, 0) is 22.3 Å². The summed E-state index contributed by atoms with van der Waals surface area (Å²) in [4.78, 5) is 0. The smallest absolute Gasteiger partial charge is 0.216 e. The fraction of sp³-hybridized carbons (Fsp3) is 0.167. The third kappa shape index (κ3) is 3.98. The molecule has 0 atom stereocenters. The van der Waals surface area contributed by atoms with Crippen molar-refractivity contribution >= 4 is 33.2 Å². The van der Waals surface area contributed by atoms with E-state index < -0.39 is 10.0 Å². The molecule has 102 valence electrons. The molecule has 0 saturated heterocycles. The van der Waals surface area contributed by atoms with E-state index in [0.717, 1.165) is 0 Å². The predicted octanol–water partition coefficient (Wildman–Crippen LogP) is 3.21. The van der Waals surface area contributed by atoms with Crippen LogP contribution in [0.4, 0.5) is 0 Å². The molecule has 2 aromatic rings. The van der Waals surface area contributed by atoms with Gasteiger partial charge in [-0.1, -0.05) is 29.3 Å². The lowest BCUT2D eigenvalue weighted by Crippen LogP contribution is -2.24. The fourth-order valence-corrected chi connectivity index (χ4v) is 3.35. The van der Waals surface area contributed by atoms with Gasteiger partial charge in [-0.05, 0) is 24.3 Å². The number of furan rings is 1. The Bertz CT molecular complexity index is 633. The molecule has 1 aromatic heterocycles. The average Bonchev–Trinajstić information content (AvgIpc) is 2.85. The summed E-state index contributed by atoms with van der Waals surface area (Å²) < 4.78 is 31.3. The fourth-order valence-electron chi connectivity index (χ4n) is 1.51. The number of halogens is 2. The van der Waals surface area contributed by atoms with E-state index in [2.05, 4.69) is 4.72 Å². The minimum Gasteiger partial charge on any atom is -0.468 e. The molecule has 0 amide bonds. The molecular weight excluding hydrogens is 309 g/mol. The van der Waals surface area contributed by atoms with Crippen LogP contribution in [0.1, 0.15) is 11.3 Å². The third-order valence-electron chi connectivity index (χ3n) is 2.44. The Morgan fingerprint density at radius 3 is 2.37 bits per heavy atom. The van der Waals surface area contributed by atoms with Crippen LogP contribution in [0.5, 0.6) is 0 Å². The average molecular weight is 320 g/mol. The van der Waals surface area contributed by atoms with Gasteiger partial charge in [0.2, 0.25) is 10.0 Å². The summed E-state index contributed by atoms with van der Waals surface area (Å²) in [7, 11) is -3.53. The monoisotopic (exact) mass is 319 g/mol. The first-order valence-corrected chi connectivity index (χ1v) is 7.81. The number of sulfonamides is 1. The lowest BCUT2D eigenvalue weighted by atomic mass is 10.2. The van der Waals surface area contributed by atoms with E-state index in [9.17, 15) is 8.42 Å². The maximum atomic E-state index is 11.9.